The minimum absolute atomic E-state index is 0.141. The second kappa shape index (κ2) is 4.58. The van der Waals surface area contributed by atoms with Gasteiger partial charge in [-0.2, -0.15) is 0 Å². The quantitative estimate of drug-likeness (QED) is 0.739. The molecule has 1 unspecified atom stereocenters. The lowest BCUT2D eigenvalue weighted by molar-refractivity contribution is 0.504. The van der Waals surface area contributed by atoms with E-state index in [0.717, 1.165) is 24.8 Å². The number of benzene rings is 2. The molecule has 0 spiro atoms. The summed E-state index contributed by atoms with van der Waals surface area (Å²) in [7, 11) is 0. The summed E-state index contributed by atoms with van der Waals surface area (Å²) in [6.07, 6.45) is 3.20. The monoisotopic (exact) mass is 281 g/mol. The van der Waals surface area contributed by atoms with Crippen LogP contribution in [0.3, 0.4) is 0 Å². The molecule has 0 saturated heterocycles. The molecule has 1 aliphatic rings. The number of fused-ring (bicyclic) bond motifs is 2. The lowest BCUT2D eigenvalue weighted by Crippen LogP contribution is -2.18. The Kier molecular flexibility index (Phi) is 2.70. The van der Waals surface area contributed by atoms with Gasteiger partial charge in [0.25, 0.3) is 0 Å². The van der Waals surface area contributed by atoms with E-state index in [1.165, 1.54) is 17.2 Å². The van der Waals surface area contributed by atoms with Crippen LogP contribution in [0.15, 0.2) is 42.5 Å². The Morgan fingerprint density at radius 2 is 2.00 bits per heavy atom. The highest BCUT2D eigenvalue weighted by Gasteiger charge is 2.25. The summed E-state index contributed by atoms with van der Waals surface area (Å²) < 4.78 is 15.9. The zero-order chi connectivity index (χ0) is 14.4. The Labute approximate surface area is 122 Å². The molecule has 0 radical (unpaired) electrons. The Hall–Kier alpha value is -2.36. The van der Waals surface area contributed by atoms with Crippen LogP contribution in [-0.2, 0) is 6.42 Å². The number of para-hydroxylation sites is 1. The standard InChI is InChI=1S/C17H16FN3/c18-13-8-4-10-15-16(13)20-17(19)21(15)14-9-3-6-11-5-1-2-7-12(11)14/h1-2,4-5,7-8,10,14H,3,6,9H2,(H2,19,20). The summed E-state index contributed by atoms with van der Waals surface area (Å²) in [4.78, 5) is 4.23. The number of anilines is 1. The maximum Gasteiger partial charge on any atom is 0.201 e. The fourth-order valence-electron chi connectivity index (χ4n) is 3.42. The molecule has 0 saturated carbocycles. The van der Waals surface area contributed by atoms with E-state index in [4.69, 9.17) is 5.73 Å². The van der Waals surface area contributed by atoms with Crippen LogP contribution in [0, 0.1) is 5.82 Å². The lowest BCUT2D eigenvalue weighted by Gasteiger charge is -2.27. The van der Waals surface area contributed by atoms with Crippen molar-refractivity contribution in [3.8, 4) is 0 Å². The molecule has 106 valence electrons. The molecule has 0 fully saturated rings. The summed E-state index contributed by atoms with van der Waals surface area (Å²) in [5.74, 6) is 0.0684. The van der Waals surface area contributed by atoms with E-state index in [1.807, 2.05) is 16.7 Å². The van der Waals surface area contributed by atoms with Crippen LogP contribution in [0.5, 0.6) is 0 Å². The smallest absolute Gasteiger partial charge is 0.201 e. The van der Waals surface area contributed by atoms with Gasteiger partial charge in [-0.1, -0.05) is 30.3 Å². The number of hydrogen-bond acceptors (Lipinski definition) is 2. The van der Waals surface area contributed by atoms with E-state index in [2.05, 4.69) is 23.2 Å². The van der Waals surface area contributed by atoms with Gasteiger partial charge in [0.2, 0.25) is 5.95 Å². The van der Waals surface area contributed by atoms with Gasteiger partial charge in [-0.05, 0) is 42.5 Å². The number of nitrogens with two attached hydrogens (primary N) is 1. The summed E-state index contributed by atoms with van der Waals surface area (Å²) in [6.45, 7) is 0. The Morgan fingerprint density at radius 3 is 2.90 bits per heavy atom. The van der Waals surface area contributed by atoms with E-state index in [9.17, 15) is 4.39 Å². The van der Waals surface area contributed by atoms with Gasteiger partial charge in [-0.15, -0.1) is 0 Å². The normalized spacial score (nSPS) is 17.9. The molecule has 1 aromatic heterocycles. The fraction of sp³-hybridized carbons (Fsp3) is 0.235. The van der Waals surface area contributed by atoms with E-state index in [-0.39, 0.29) is 11.9 Å². The van der Waals surface area contributed by atoms with Crippen molar-refractivity contribution < 1.29 is 4.39 Å². The molecular weight excluding hydrogens is 265 g/mol. The molecule has 4 rings (SSSR count). The van der Waals surface area contributed by atoms with Gasteiger partial charge in [0.1, 0.15) is 5.52 Å². The fourth-order valence-corrected chi connectivity index (χ4v) is 3.42. The molecule has 21 heavy (non-hydrogen) atoms. The van der Waals surface area contributed by atoms with E-state index >= 15 is 0 Å². The van der Waals surface area contributed by atoms with Crippen molar-refractivity contribution in [2.45, 2.75) is 25.3 Å². The van der Waals surface area contributed by atoms with Gasteiger partial charge in [-0.25, -0.2) is 9.37 Å². The van der Waals surface area contributed by atoms with Gasteiger partial charge >= 0.3 is 0 Å². The Balaban J connectivity index is 1.96. The van der Waals surface area contributed by atoms with Crippen LogP contribution in [0.25, 0.3) is 11.0 Å². The molecule has 3 aromatic rings. The molecule has 1 atom stereocenters. The number of aromatic nitrogens is 2. The summed E-state index contributed by atoms with van der Waals surface area (Å²) in [5.41, 5.74) is 9.86. The van der Waals surface area contributed by atoms with Crippen molar-refractivity contribution in [2.24, 2.45) is 0 Å². The first kappa shape index (κ1) is 12.4. The minimum Gasteiger partial charge on any atom is -0.369 e. The van der Waals surface area contributed by atoms with Crippen LogP contribution in [0.1, 0.15) is 30.0 Å². The first-order valence-electron chi connectivity index (χ1n) is 7.25. The molecule has 3 nitrogen and oxygen atoms in total. The van der Waals surface area contributed by atoms with Crippen LogP contribution in [0.4, 0.5) is 10.3 Å². The van der Waals surface area contributed by atoms with Crippen LogP contribution in [0.2, 0.25) is 0 Å². The maximum absolute atomic E-state index is 13.9. The summed E-state index contributed by atoms with van der Waals surface area (Å²) in [6, 6.07) is 13.6. The zero-order valence-electron chi connectivity index (χ0n) is 11.6. The maximum atomic E-state index is 13.9. The predicted octanol–water partition coefficient (Wildman–Crippen LogP) is 3.68. The van der Waals surface area contributed by atoms with E-state index < -0.39 is 0 Å². The highest BCUT2D eigenvalue weighted by Crippen LogP contribution is 2.36. The number of halogens is 1. The average molecular weight is 281 g/mol. The molecule has 0 amide bonds. The molecular formula is C17H16FN3. The van der Waals surface area contributed by atoms with E-state index in [0.29, 0.717) is 11.5 Å². The SMILES string of the molecule is Nc1nc2c(F)cccc2n1C1CCCc2ccccc21. The number of nitrogen functional groups attached to an aromatic ring is 1. The Morgan fingerprint density at radius 1 is 1.14 bits per heavy atom. The number of rotatable bonds is 1. The Bertz CT molecular complexity index is 822. The van der Waals surface area contributed by atoms with Crippen LogP contribution < -0.4 is 5.73 Å². The molecule has 2 aromatic carbocycles. The average Bonchev–Trinajstić information content (AvgIpc) is 2.84. The number of imidazole rings is 1. The number of hydrogen-bond donors (Lipinski definition) is 1. The van der Waals surface area contributed by atoms with Crippen molar-refractivity contribution in [3.63, 3.8) is 0 Å². The minimum atomic E-state index is -0.318. The molecule has 0 bridgehead atoms. The molecule has 1 aliphatic carbocycles. The van der Waals surface area contributed by atoms with Gasteiger partial charge in [0.15, 0.2) is 5.82 Å². The molecule has 2 N–H and O–H groups in total. The second-order valence-corrected chi connectivity index (χ2v) is 5.55. The topological polar surface area (TPSA) is 43.8 Å². The van der Waals surface area contributed by atoms with Crippen molar-refractivity contribution in [1.29, 1.82) is 0 Å². The predicted molar refractivity (Wildman–Crippen MR) is 81.6 cm³/mol. The van der Waals surface area contributed by atoms with Crippen LogP contribution >= 0.6 is 0 Å². The first-order chi connectivity index (χ1) is 10.3. The highest BCUT2D eigenvalue weighted by atomic mass is 19.1. The highest BCUT2D eigenvalue weighted by molar-refractivity contribution is 5.79. The van der Waals surface area contributed by atoms with E-state index in [1.54, 1.807) is 6.07 Å². The van der Waals surface area contributed by atoms with Gasteiger partial charge in [-0.3, -0.25) is 0 Å². The number of aryl methyl sites for hydroxylation is 1. The third-order valence-corrected chi connectivity index (χ3v) is 4.35. The zero-order valence-corrected chi connectivity index (χ0v) is 11.6. The number of nitrogens with zero attached hydrogens (tertiary/aromatic N) is 2. The van der Waals surface area contributed by atoms with Crippen molar-refractivity contribution in [2.75, 3.05) is 5.73 Å². The van der Waals surface area contributed by atoms with Gasteiger partial charge in [0.05, 0.1) is 11.6 Å². The summed E-state index contributed by atoms with van der Waals surface area (Å²) >= 11 is 0. The molecule has 1 heterocycles. The van der Waals surface area contributed by atoms with Crippen molar-refractivity contribution in [1.82, 2.24) is 9.55 Å². The van der Waals surface area contributed by atoms with Crippen molar-refractivity contribution >= 4 is 17.0 Å². The largest absolute Gasteiger partial charge is 0.369 e. The lowest BCUT2D eigenvalue weighted by atomic mass is 9.87. The van der Waals surface area contributed by atoms with Crippen LogP contribution in [-0.4, -0.2) is 9.55 Å². The van der Waals surface area contributed by atoms with Gasteiger partial charge in [0, 0.05) is 0 Å². The third-order valence-electron chi connectivity index (χ3n) is 4.35. The van der Waals surface area contributed by atoms with Gasteiger partial charge < -0.3 is 10.3 Å². The molecule has 4 heteroatoms. The summed E-state index contributed by atoms with van der Waals surface area (Å²) in [5, 5.41) is 0. The first-order valence-corrected chi connectivity index (χ1v) is 7.25. The second-order valence-electron chi connectivity index (χ2n) is 5.55. The van der Waals surface area contributed by atoms with Crippen molar-refractivity contribution in [3.05, 3.63) is 59.4 Å². The third kappa shape index (κ3) is 1.82. The molecule has 0 aliphatic heterocycles.